The molecule has 2 heterocycles. The Morgan fingerprint density at radius 2 is 1.65 bits per heavy atom. The Bertz CT molecular complexity index is 1120. The van der Waals surface area contributed by atoms with Gasteiger partial charge in [-0.1, -0.05) is 51.1 Å². The Morgan fingerprint density at radius 1 is 1.03 bits per heavy atom. The summed E-state index contributed by atoms with van der Waals surface area (Å²) in [5.74, 6) is 0.176. The summed E-state index contributed by atoms with van der Waals surface area (Å²) in [4.78, 5) is 43.8. The number of hydrogen-bond acceptors (Lipinski definition) is 5. The molecule has 8 nitrogen and oxygen atoms in total. The summed E-state index contributed by atoms with van der Waals surface area (Å²) < 4.78 is 11.5. The summed E-state index contributed by atoms with van der Waals surface area (Å²) in [5, 5.41) is 3.06. The van der Waals surface area contributed by atoms with Crippen molar-refractivity contribution in [2.45, 2.75) is 58.3 Å². The van der Waals surface area contributed by atoms with Crippen molar-refractivity contribution in [3.63, 3.8) is 0 Å². The number of methoxy groups -OCH3 is 1. The van der Waals surface area contributed by atoms with Gasteiger partial charge in [-0.25, -0.2) is 0 Å². The fourth-order valence-corrected chi connectivity index (χ4v) is 5.11. The normalized spacial score (nSPS) is 20.0. The van der Waals surface area contributed by atoms with Crippen molar-refractivity contribution in [3.05, 3.63) is 65.7 Å². The van der Waals surface area contributed by atoms with Gasteiger partial charge in [-0.3, -0.25) is 19.3 Å². The molecule has 2 aliphatic rings. The van der Waals surface area contributed by atoms with Crippen molar-refractivity contribution in [2.24, 2.45) is 5.41 Å². The molecule has 2 aromatic rings. The molecule has 3 amide bonds. The van der Waals surface area contributed by atoms with Gasteiger partial charge < -0.3 is 19.7 Å². The first-order valence-electron chi connectivity index (χ1n) is 12.8. The highest BCUT2D eigenvalue weighted by atomic mass is 16.5. The number of amides is 3. The molecule has 0 radical (unpaired) electrons. The summed E-state index contributed by atoms with van der Waals surface area (Å²) >= 11 is 0. The van der Waals surface area contributed by atoms with Crippen LogP contribution in [-0.4, -0.2) is 66.1 Å². The van der Waals surface area contributed by atoms with E-state index in [0.717, 1.165) is 5.56 Å². The minimum atomic E-state index is -0.955. The molecule has 37 heavy (non-hydrogen) atoms. The maximum absolute atomic E-state index is 13.9. The topological polar surface area (TPSA) is 88.2 Å². The number of piperidine rings is 1. The second-order valence-corrected chi connectivity index (χ2v) is 10.9. The predicted octanol–water partition coefficient (Wildman–Crippen LogP) is 3.78. The quantitative estimate of drug-likeness (QED) is 0.666. The number of likely N-dealkylation sites (tertiary alicyclic amines) is 1. The highest BCUT2D eigenvalue weighted by Crippen LogP contribution is 2.39. The second-order valence-electron chi connectivity index (χ2n) is 10.9. The Hall–Kier alpha value is -3.39. The van der Waals surface area contributed by atoms with E-state index in [9.17, 15) is 14.4 Å². The van der Waals surface area contributed by atoms with Crippen LogP contribution in [0.4, 0.5) is 0 Å². The second kappa shape index (κ2) is 10.5. The van der Waals surface area contributed by atoms with E-state index in [0.29, 0.717) is 37.2 Å². The molecule has 0 saturated carbocycles. The first kappa shape index (κ1) is 26.7. The number of nitrogens with one attached hydrogen (secondary N) is 1. The fourth-order valence-electron chi connectivity index (χ4n) is 5.11. The number of rotatable bonds is 5. The van der Waals surface area contributed by atoms with Crippen LogP contribution in [0.5, 0.6) is 5.75 Å². The molecule has 2 fully saturated rings. The predicted molar refractivity (Wildman–Crippen MR) is 140 cm³/mol. The lowest BCUT2D eigenvalue weighted by Crippen LogP contribution is -2.60. The monoisotopic (exact) mass is 507 g/mol. The van der Waals surface area contributed by atoms with Crippen molar-refractivity contribution in [3.8, 4) is 5.75 Å². The highest BCUT2D eigenvalue weighted by molar-refractivity contribution is 5.98. The zero-order valence-corrected chi connectivity index (χ0v) is 22.3. The fraction of sp³-hybridized carbons (Fsp3) is 0.483. The molecule has 198 valence electrons. The van der Waals surface area contributed by atoms with E-state index < -0.39 is 17.2 Å². The molecule has 8 heteroatoms. The van der Waals surface area contributed by atoms with Gasteiger partial charge in [-0.15, -0.1) is 0 Å². The van der Waals surface area contributed by atoms with E-state index in [1.54, 1.807) is 36.3 Å². The van der Waals surface area contributed by atoms with Crippen LogP contribution < -0.4 is 10.1 Å². The molecule has 0 bridgehead atoms. The number of carbonyl (C=O) groups excluding carboxylic acids is 3. The van der Waals surface area contributed by atoms with Crippen LogP contribution in [0.15, 0.2) is 54.6 Å². The van der Waals surface area contributed by atoms with Crippen molar-refractivity contribution >= 4 is 17.7 Å². The van der Waals surface area contributed by atoms with Crippen LogP contribution in [0.1, 0.15) is 62.5 Å². The molecule has 2 aliphatic heterocycles. The minimum Gasteiger partial charge on any atom is -0.497 e. The van der Waals surface area contributed by atoms with Gasteiger partial charge in [0.15, 0.2) is 0 Å². The van der Waals surface area contributed by atoms with E-state index in [1.165, 1.54) is 0 Å². The molecule has 0 aromatic heterocycles. The van der Waals surface area contributed by atoms with Gasteiger partial charge in [0, 0.05) is 36.9 Å². The average Bonchev–Trinajstić information content (AvgIpc) is 3.26. The van der Waals surface area contributed by atoms with Crippen molar-refractivity contribution in [1.29, 1.82) is 0 Å². The maximum Gasteiger partial charge on any atom is 0.256 e. The average molecular weight is 508 g/mol. The summed E-state index contributed by atoms with van der Waals surface area (Å²) in [6.45, 7) is 8.64. The Kier molecular flexibility index (Phi) is 7.59. The van der Waals surface area contributed by atoms with Gasteiger partial charge >= 0.3 is 0 Å². The molecule has 4 rings (SSSR count). The van der Waals surface area contributed by atoms with Gasteiger partial charge in [0.2, 0.25) is 11.8 Å². The van der Waals surface area contributed by atoms with E-state index in [2.05, 4.69) is 5.32 Å². The number of nitrogens with zero attached hydrogens (tertiary/aromatic N) is 2. The van der Waals surface area contributed by atoms with Crippen LogP contribution in [0.3, 0.4) is 0 Å². The van der Waals surface area contributed by atoms with Gasteiger partial charge in [-0.05, 0) is 36.8 Å². The molecular weight excluding hydrogens is 470 g/mol. The van der Waals surface area contributed by atoms with Crippen LogP contribution in [-0.2, 0) is 14.3 Å². The third-order valence-corrected chi connectivity index (χ3v) is 7.25. The number of ether oxygens (including phenoxy) is 2. The summed E-state index contributed by atoms with van der Waals surface area (Å²) in [6, 6.07) is 15.6. The lowest BCUT2D eigenvalue weighted by Gasteiger charge is -2.45. The first-order chi connectivity index (χ1) is 17.6. The Morgan fingerprint density at radius 3 is 2.22 bits per heavy atom. The lowest BCUT2D eigenvalue weighted by molar-refractivity contribution is -0.150. The Labute approximate surface area is 218 Å². The number of benzene rings is 2. The highest BCUT2D eigenvalue weighted by Gasteiger charge is 2.54. The third kappa shape index (κ3) is 5.49. The maximum atomic E-state index is 13.9. The van der Waals surface area contributed by atoms with Crippen molar-refractivity contribution in [2.75, 3.05) is 26.8 Å². The van der Waals surface area contributed by atoms with E-state index in [4.69, 9.17) is 9.47 Å². The largest absolute Gasteiger partial charge is 0.497 e. The van der Waals surface area contributed by atoms with E-state index in [1.807, 2.05) is 62.9 Å². The van der Waals surface area contributed by atoms with E-state index in [-0.39, 0.29) is 30.4 Å². The van der Waals surface area contributed by atoms with Gasteiger partial charge in [-0.2, -0.15) is 0 Å². The molecule has 2 atom stereocenters. The zero-order valence-electron chi connectivity index (χ0n) is 22.3. The molecular formula is C29H37N3O5. The van der Waals surface area contributed by atoms with Gasteiger partial charge in [0.25, 0.3) is 5.91 Å². The minimum absolute atomic E-state index is 0.0688. The molecule has 1 spiro atoms. The lowest BCUT2D eigenvalue weighted by atomic mass is 9.91. The summed E-state index contributed by atoms with van der Waals surface area (Å²) in [7, 11) is 1.57. The van der Waals surface area contributed by atoms with E-state index >= 15 is 0 Å². The smallest absolute Gasteiger partial charge is 0.256 e. The van der Waals surface area contributed by atoms with Gasteiger partial charge in [0.1, 0.15) is 17.5 Å². The molecule has 2 aromatic carbocycles. The molecule has 2 saturated heterocycles. The number of carbonyl (C=O) groups is 3. The zero-order chi connectivity index (χ0) is 26.8. The van der Waals surface area contributed by atoms with Crippen molar-refractivity contribution < 1.29 is 23.9 Å². The van der Waals surface area contributed by atoms with Crippen LogP contribution in [0, 0.1) is 5.41 Å². The molecule has 0 aliphatic carbocycles. The summed E-state index contributed by atoms with van der Waals surface area (Å²) in [6.07, 6.45) is 0.878. The SMILES string of the molecule is COc1ccc(C(=O)N2[C@H](C(=O)N[C@@H](C)c3ccccc3)COC23CCN(C(=O)C(C)(C)C)CC3)cc1. The van der Waals surface area contributed by atoms with Crippen LogP contribution in [0.25, 0.3) is 0 Å². The van der Waals surface area contributed by atoms with Crippen molar-refractivity contribution in [1.82, 2.24) is 15.1 Å². The molecule has 1 N–H and O–H groups in total. The van der Waals surface area contributed by atoms with Crippen LogP contribution >= 0.6 is 0 Å². The third-order valence-electron chi connectivity index (χ3n) is 7.25. The van der Waals surface area contributed by atoms with Crippen LogP contribution in [0.2, 0.25) is 0 Å². The van der Waals surface area contributed by atoms with Gasteiger partial charge in [0.05, 0.1) is 19.8 Å². The number of hydrogen-bond donors (Lipinski definition) is 1. The first-order valence-corrected chi connectivity index (χ1v) is 12.8. The summed E-state index contributed by atoms with van der Waals surface area (Å²) in [5.41, 5.74) is -0.0152. The standard InChI is InChI=1S/C29H37N3O5/c1-20(21-9-7-6-8-10-21)30-25(33)24-19-37-29(15-17-31(18-16-29)27(35)28(2,3)4)32(24)26(34)22-11-13-23(36-5)14-12-22/h6-14,20,24H,15-19H2,1-5H3,(H,30,33)/t20-,24-/m0/s1. The Balaban J connectivity index is 1.59. The molecule has 0 unspecified atom stereocenters.